The average Bonchev–Trinajstić information content (AvgIpc) is 2.71. The van der Waals surface area contributed by atoms with Crippen molar-refractivity contribution in [2.24, 2.45) is 0 Å². The molecule has 3 nitrogen and oxygen atoms in total. The molecule has 1 N–H and O–H groups in total. The summed E-state index contributed by atoms with van der Waals surface area (Å²) >= 11 is 0. The van der Waals surface area contributed by atoms with E-state index in [1.54, 1.807) is 0 Å². The number of hydrogen-bond donors (Lipinski definition) is 1. The summed E-state index contributed by atoms with van der Waals surface area (Å²) in [7, 11) is 1.88. The smallest absolute Gasteiger partial charge is 0.223 e. The molecule has 0 saturated carbocycles. The van der Waals surface area contributed by atoms with Gasteiger partial charge >= 0.3 is 0 Å². The molecular formula is C14H20N2O. The van der Waals surface area contributed by atoms with E-state index in [0.717, 1.165) is 6.54 Å². The first-order valence-electron chi connectivity index (χ1n) is 6.18. The lowest BCUT2D eigenvalue weighted by atomic mass is 9.97. The van der Waals surface area contributed by atoms with Gasteiger partial charge in [0.2, 0.25) is 5.91 Å². The fourth-order valence-electron chi connectivity index (χ4n) is 2.18. The van der Waals surface area contributed by atoms with Crippen LogP contribution in [0.15, 0.2) is 24.3 Å². The minimum absolute atomic E-state index is 0.225. The highest BCUT2D eigenvalue weighted by Gasteiger charge is 2.25. The minimum Gasteiger partial charge on any atom is -0.384 e. The van der Waals surface area contributed by atoms with Crippen LogP contribution in [0.1, 0.15) is 31.7 Å². The maximum Gasteiger partial charge on any atom is 0.223 e. The second-order valence-electron chi connectivity index (χ2n) is 4.97. The summed E-state index contributed by atoms with van der Waals surface area (Å²) in [6.45, 7) is 4.95. The summed E-state index contributed by atoms with van der Waals surface area (Å²) in [5, 5.41) is 3.35. The summed E-state index contributed by atoms with van der Waals surface area (Å²) in [5.41, 5.74) is 2.45. The molecule has 92 valence electrons. The first-order valence-corrected chi connectivity index (χ1v) is 6.18. The van der Waals surface area contributed by atoms with Gasteiger partial charge in [0, 0.05) is 37.7 Å². The van der Waals surface area contributed by atoms with E-state index in [1.807, 2.05) is 37.9 Å². The second-order valence-corrected chi connectivity index (χ2v) is 4.97. The number of rotatable bonds is 3. The van der Waals surface area contributed by atoms with Gasteiger partial charge < -0.3 is 10.2 Å². The fraction of sp³-hybridized carbons (Fsp3) is 0.500. The molecule has 0 fully saturated rings. The number of amides is 1. The van der Waals surface area contributed by atoms with Crippen LogP contribution in [-0.2, 0) is 4.79 Å². The number of fused-ring (bicyclic) bond motifs is 1. The van der Waals surface area contributed by atoms with Crippen LogP contribution in [-0.4, -0.2) is 30.4 Å². The number of hydrogen-bond acceptors (Lipinski definition) is 2. The Hall–Kier alpha value is -1.51. The van der Waals surface area contributed by atoms with Crippen LogP contribution >= 0.6 is 0 Å². The van der Waals surface area contributed by atoms with Crippen molar-refractivity contribution in [3.63, 3.8) is 0 Å². The van der Waals surface area contributed by atoms with Crippen molar-refractivity contribution in [3.05, 3.63) is 29.8 Å². The molecule has 0 saturated heterocycles. The van der Waals surface area contributed by atoms with Gasteiger partial charge in [-0.15, -0.1) is 0 Å². The molecule has 2 rings (SSSR count). The molecule has 1 aromatic carbocycles. The van der Waals surface area contributed by atoms with Crippen LogP contribution in [0.3, 0.4) is 0 Å². The number of anilines is 1. The number of carbonyl (C=O) groups excluding carboxylic acids is 1. The molecule has 1 atom stereocenters. The van der Waals surface area contributed by atoms with Gasteiger partial charge in [-0.05, 0) is 25.5 Å². The van der Waals surface area contributed by atoms with Crippen LogP contribution in [0.25, 0.3) is 0 Å². The Morgan fingerprint density at radius 3 is 2.88 bits per heavy atom. The third kappa shape index (κ3) is 2.43. The maximum atomic E-state index is 12.0. The van der Waals surface area contributed by atoms with E-state index < -0.39 is 0 Å². The number of benzene rings is 1. The zero-order valence-electron chi connectivity index (χ0n) is 10.7. The lowest BCUT2D eigenvalue weighted by Crippen LogP contribution is -2.34. The molecule has 17 heavy (non-hydrogen) atoms. The van der Waals surface area contributed by atoms with Gasteiger partial charge in [-0.3, -0.25) is 4.79 Å². The molecule has 0 aliphatic carbocycles. The molecule has 1 heterocycles. The number of nitrogens with zero attached hydrogens (tertiary/aromatic N) is 1. The summed E-state index contributed by atoms with van der Waals surface area (Å²) in [4.78, 5) is 13.9. The molecule has 1 aliphatic heterocycles. The van der Waals surface area contributed by atoms with E-state index in [4.69, 9.17) is 0 Å². The Labute approximate surface area is 103 Å². The Kier molecular flexibility index (Phi) is 3.36. The third-order valence-electron chi connectivity index (χ3n) is 3.53. The number of para-hydroxylation sites is 1. The second kappa shape index (κ2) is 4.78. The zero-order valence-corrected chi connectivity index (χ0v) is 10.7. The zero-order chi connectivity index (χ0) is 12.4. The van der Waals surface area contributed by atoms with Gasteiger partial charge in [-0.1, -0.05) is 18.2 Å². The Morgan fingerprint density at radius 1 is 1.47 bits per heavy atom. The van der Waals surface area contributed by atoms with E-state index in [1.165, 1.54) is 11.3 Å². The van der Waals surface area contributed by atoms with Gasteiger partial charge in [-0.2, -0.15) is 0 Å². The normalized spacial score (nSPS) is 17.8. The standard InChI is InChI=1S/C14H20N2O/c1-10(2)16(3)14(17)8-11-9-15-13-7-5-4-6-12(11)13/h4-7,10-11,15H,8-9H2,1-3H3. The van der Waals surface area contributed by atoms with Crippen LogP contribution in [0, 0.1) is 0 Å². The predicted octanol–water partition coefficient (Wildman–Crippen LogP) is 2.45. The average molecular weight is 232 g/mol. The molecule has 1 aliphatic rings. The van der Waals surface area contributed by atoms with E-state index in [9.17, 15) is 4.79 Å². The highest BCUT2D eigenvalue weighted by Crippen LogP contribution is 2.33. The molecule has 0 spiro atoms. The van der Waals surface area contributed by atoms with Crippen molar-refractivity contribution in [1.82, 2.24) is 4.90 Å². The summed E-state index contributed by atoms with van der Waals surface area (Å²) in [6, 6.07) is 8.52. The summed E-state index contributed by atoms with van der Waals surface area (Å²) < 4.78 is 0. The predicted molar refractivity (Wildman–Crippen MR) is 70.2 cm³/mol. The highest BCUT2D eigenvalue weighted by molar-refractivity contribution is 5.78. The Balaban J connectivity index is 2.05. The molecule has 3 heteroatoms. The van der Waals surface area contributed by atoms with Gasteiger partial charge in [0.15, 0.2) is 0 Å². The first kappa shape index (κ1) is 12.0. The SMILES string of the molecule is CC(C)N(C)C(=O)CC1CNc2ccccc21. The van der Waals surface area contributed by atoms with Gasteiger partial charge in [0.1, 0.15) is 0 Å². The monoisotopic (exact) mass is 232 g/mol. The Bertz CT molecular complexity index is 414. The summed E-state index contributed by atoms with van der Waals surface area (Å²) in [6.07, 6.45) is 0.596. The van der Waals surface area contributed by atoms with Crippen LogP contribution in [0.5, 0.6) is 0 Å². The molecule has 1 amide bonds. The van der Waals surface area contributed by atoms with Crippen molar-refractivity contribution in [1.29, 1.82) is 0 Å². The van der Waals surface area contributed by atoms with Crippen molar-refractivity contribution < 1.29 is 4.79 Å². The van der Waals surface area contributed by atoms with Crippen molar-refractivity contribution in [3.8, 4) is 0 Å². The lowest BCUT2D eigenvalue weighted by Gasteiger charge is -2.23. The summed E-state index contributed by atoms with van der Waals surface area (Å²) in [5.74, 6) is 0.545. The van der Waals surface area contributed by atoms with Crippen LogP contribution in [0.4, 0.5) is 5.69 Å². The van der Waals surface area contributed by atoms with Crippen LogP contribution < -0.4 is 5.32 Å². The van der Waals surface area contributed by atoms with Gasteiger partial charge in [0.05, 0.1) is 0 Å². The lowest BCUT2D eigenvalue weighted by molar-refractivity contribution is -0.131. The van der Waals surface area contributed by atoms with E-state index in [0.29, 0.717) is 12.3 Å². The third-order valence-corrected chi connectivity index (χ3v) is 3.53. The number of nitrogens with one attached hydrogen (secondary N) is 1. The molecule has 0 bridgehead atoms. The first-order chi connectivity index (χ1) is 8.09. The number of carbonyl (C=O) groups is 1. The molecular weight excluding hydrogens is 212 g/mol. The van der Waals surface area contributed by atoms with Crippen molar-refractivity contribution in [2.45, 2.75) is 32.2 Å². The van der Waals surface area contributed by atoms with Gasteiger partial charge in [-0.25, -0.2) is 0 Å². The quantitative estimate of drug-likeness (QED) is 0.868. The van der Waals surface area contributed by atoms with Gasteiger partial charge in [0.25, 0.3) is 0 Å². The largest absolute Gasteiger partial charge is 0.384 e. The highest BCUT2D eigenvalue weighted by atomic mass is 16.2. The minimum atomic E-state index is 0.225. The molecule has 0 radical (unpaired) electrons. The van der Waals surface area contributed by atoms with Crippen molar-refractivity contribution in [2.75, 3.05) is 18.9 Å². The Morgan fingerprint density at radius 2 is 2.18 bits per heavy atom. The van der Waals surface area contributed by atoms with Crippen LogP contribution in [0.2, 0.25) is 0 Å². The van der Waals surface area contributed by atoms with Crippen molar-refractivity contribution >= 4 is 11.6 Å². The fourth-order valence-corrected chi connectivity index (χ4v) is 2.18. The maximum absolute atomic E-state index is 12.0. The molecule has 0 aromatic heterocycles. The van der Waals surface area contributed by atoms with E-state index >= 15 is 0 Å². The molecule has 1 aromatic rings. The van der Waals surface area contributed by atoms with E-state index in [2.05, 4.69) is 17.4 Å². The topological polar surface area (TPSA) is 32.3 Å². The van der Waals surface area contributed by atoms with E-state index in [-0.39, 0.29) is 11.9 Å². The molecule has 1 unspecified atom stereocenters.